The zero-order chi connectivity index (χ0) is 9.52. The van der Waals surface area contributed by atoms with Crippen molar-refractivity contribution in [3.05, 3.63) is 21.9 Å². The number of rotatable bonds is 6. The first-order valence-electron chi connectivity index (χ1n) is 4.79. The third-order valence-corrected chi connectivity index (χ3v) is 3.01. The Labute approximate surface area is 84.4 Å². The van der Waals surface area contributed by atoms with Crippen LogP contribution < -0.4 is 10.6 Å². The zero-order valence-corrected chi connectivity index (χ0v) is 9.21. The normalized spacial score (nSPS) is 10.6. The van der Waals surface area contributed by atoms with Crippen molar-refractivity contribution >= 4 is 11.3 Å². The van der Waals surface area contributed by atoms with Crippen LogP contribution in [-0.4, -0.2) is 19.6 Å². The molecule has 2 N–H and O–H groups in total. The van der Waals surface area contributed by atoms with Crippen LogP contribution >= 0.6 is 11.3 Å². The molecule has 0 bridgehead atoms. The van der Waals surface area contributed by atoms with Crippen LogP contribution in [0.25, 0.3) is 0 Å². The van der Waals surface area contributed by atoms with Crippen molar-refractivity contribution in [1.29, 1.82) is 0 Å². The monoisotopic (exact) mass is 198 g/mol. The van der Waals surface area contributed by atoms with Crippen LogP contribution in [-0.2, 0) is 6.54 Å². The molecule has 0 fully saturated rings. The molecule has 0 aliphatic rings. The highest BCUT2D eigenvalue weighted by molar-refractivity contribution is 7.10. The molecule has 1 aromatic heterocycles. The van der Waals surface area contributed by atoms with Crippen LogP contribution in [0, 0.1) is 6.92 Å². The van der Waals surface area contributed by atoms with Gasteiger partial charge >= 0.3 is 0 Å². The van der Waals surface area contributed by atoms with Gasteiger partial charge in [0.1, 0.15) is 0 Å². The highest BCUT2D eigenvalue weighted by atomic mass is 32.1. The largest absolute Gasteiger partial charge is 0.316 e. The summed E-state index contributed by atoms with van der Waals surface area (Å²) in [5, 5.41) is 8.84. The molecule has 0 aliphatic heterocycles. The van der Waals surface area contributed by atoms with Crippen molar-refractivity contribution in [2.45, 2.75) is 20.4 Å². The van der Waals surface area contributed by atoms with Gasteiger partial charge in [0.15, 0.2) is 0 Å². The molecule has 1 heterocycles. The summed E-state index contributed by atoms with van der Waals surface area (Å²) in [4.78, 5) is 1.46. The van der Waals surface area contributed by atoms with E-state index in [2.05, 4.69) is 35.9 Å². The van der Waals surface area contributed by atoms with Crippen LogP contribution in [0.1, 0.15) is 17.4 Å². The fourth-order valence-electron chi connectivity index (χ4n) is 1.14. The second-order valence-electron chi connectivity index (χ2n) is 3.06. The van der Waals surface area contributed by atoms with Gasteiger partial charge in [-0.25, -0.2) is 0 Å². The Morgan fingerprint density at radius 2 is 2.08 bits per heavy atom. The molecular weight excluding hydrogens is 180 g/mol. The van der Waals surface area contributed by atoms with E-state index >= 15 is 0 Å². The predicted molar refractivity (Wildman–Crippen MR) is 59.3 cm³/mol. The molecule has 0 radical (unpaired) electrons. The van der Waals surface area contributed by atoms with Gasteiger partial charge in [-0.15, -0.1) is 11.3 Å². The minimum Gasteiger partial charge on any atom is -0.316 e. The molecule has 0 amide bonds. The van der Waals surface area contributed by atoms with Crippen molar-refractivity contribution in [3.63, 3.8) is 0 Å². The van der Waals surface area contributed by atoms with Gasteiger partial charge < -0.3 is 10.6 Å². The average Bonchev–Trinajstić information content (AvgIpc) is 2.52. The van der Waals surface area contributed by atoms with E-state index in [1.807, 2.05) is 11.3 Å². The Morgan fingerprint density at radius 3 is 2.69 bits per heavy atom. The van der Waals surface area contributed by atoms with Crippen LogP contribution in [0.3, 0.4) is 0 Å². The van der Waals surface area contributed by atoms with E-state index in [1.54, 1.807) is 0 Å². The summed E-state index contributed by atoms with van der Waals surface area (Å²) in [7, 11) is 0. The van der Waals surface area contributed by atoms with Gasteiger partial charge in [-0.05, 0) is 30.5 Å². The third kappa shape index (κ3) is 3.89. The summed E-state index contributed by atoms with van der Waals surface area (Å²) in [6, 6.07) is 2.17. The van der Waals surface area contributed by atoms with Gasteiger partial charge in [0.05, 0.1) is 0 Å². The van der Waals surface area contributed by atoms with Gasteiger partial charge in [-0.1, -0.05) is 6.92 Å². The molecule has 74 valence electrons. The maximum Gasteiger partial charge on any atom is 0.0302 e. The predicted octanol–water partition coefficient (Wildman–Crippen LogP) is 1.76. The van der Waals surface area contributed by atoms with E-state index < -0.39 is 0 Å². The molecule has 0 saturated carbocycles. The Bertz CT molecular complexity index is 233. The molecule has 0 aliphatic carbocycles. The topological polar surface area (TPSA) is 24.1 Å². The Hall–Kier alpha value is -0.380. The second-order valence-corrected chi connectivity index (χ2v) is 4.06. The van der Waals surface area contributed by atoms with Crippen LogP contribution in [0.15, 0.2) is 11.4 Å². The summed E-state index contributed by atoms with van der Waals surface area (Å²) in [5.74, 6) is 0. The first-order valence-corrected chi connectivity index (χ1v) is 5.67. The summed E-state index contributed by atoms with van der Waals surface area (Å²) >= 11 is 1.83. The minimum absolute atomic E-state index is 1.01. The lowest BCUT2D eigenvalue weighted by Crippen LogP contribution is -2.26. The second kappa shape index (κ2) is 6.13. The molecule has 13 heavy (non-hydrogen) atoms. The number of hydrogen-bond acceptors (Lipinski definition) is 3. The van der Waals surface area contributed by atoms with Crippen molar-refractivity contribution in [2.75, 3.05) is 19.6 Å². The van der Waals surface area contributed by atoms with Crippen molar-refractivity contribution in [3.8, 4) is 0 Å². The average molecular weight is 198 g/mol. The van der Waals surface area contributed by atoms with Crippen LogP contribution in [0.2, 0.25) is 0 Å². The molecule has 0 unspecified atom stereocenters. The lowest BCUT2D eigenvalue weighted by molar-refractivity contribution is 0.627. The highest BCUT2D eigenvalue weighted by Gasteiger charge is 1.97. The summed E-state index contributed by atoms with van der Waals surface area (Å²) < 4.78 is 0. The molecule has 1 rings (SSSR count). The number of nitrogens with one attached hydrogen (secondary N) is 2. The molecule has 1 aromatic rings. The summed E-state index contributed by atoms with van der Waals surface area (Å²) in [6.07, 6.45) is 0. The first-order chi connectivity index (χ1) is 6.34. The lowest BCUT2D eigenvalue weighted by Gasteiger charge is -2.04. The van der Waals surface area contributed by atoms with Crippen LogP contribution in [0.4, 0.5) is 0 Å². The Morgan fingerprint density at radius 1 is 1.31 bits per heavy atom. The maximum atomic E-state index is 3.41. The third-order valence-electron chi connectivity index (χ3n) is 1.98. The molecular formula is C10H18N2S. The van der Waals surface area contributed by atoms with E-state index in [0.29, 0.717) is 0 Å². The van der Waals surface area contributed by atoms with Crippen LogP contribution in [0.5, 0.6) is 0 Å². The number of thiophene rings is 1. The first kappa shape index (κ1) is 10.7. The van der Waals surface area contributed by atoms with Crippen molar-refractivity contribution in [1.82, 2.24) is 10.6 Å². The van der Waals surface area contributed by atoms with E-state index in [4.69, 9.17) is 0 Å². The van der Waals surface area contributed by atoms with Gasteiger partial charge in [0.2, 0.25) is 0 Å². The van der Waals surface area contributed by atoms with Gasteiger partial charge in [0.25, 0.3) is 0 Å². The molecule has 0 spiro atoms. The van der Waals surface area contributed by atoms with Crippen molar-refractivity contribution in [2.24, 2.45) is 0 Å². The number of hydrogen-bond donors (Lipinski definition) is 2. The summed E-state index contributed by atoms with van der Waals surface area (Å²) in [5.41, 5.74) is 1.40. The van der Waals surface area contributed by atoms with Crippen molar-refractivity contribution < 1.29 is 0 Å². The highest BCUT2D eigenvalue weighted by Crippen LogP contribution is 2.14. The number of aryl methyl sites for hydroxylation is 1. The Kier molecular flexibility index (Phi) is 5.05. The van der Waals surface area contributed by atoms with Gasteiger partial charge in [-0.2, -0.15) is 0 Å². The molecule has 3 heteroatoms. The molecule has 2 nitrogen and oxygen atoms in total. The van der Waals surface area contributed by atoms with E-state index in [0.717, 1.165) is 26.2 Å². The van der Waals surface area contributed by atoms with Gasteiger partial charge in [-0.3, -0.25) is 0 Å². The fraction of sp³-hybridized carbons (Fsp3) is 0.600. The van der Waals surface area contributed by atoms with E-state index in [1.165, 1.54) is 10.4 Å². The zero-order valence-electron chi connectivity index (χ0n) is 8.39. The number of likely N-dealkylation sites (N-methyl/N-ethyl adjacent to an activating group) is 1. The molecule has 0 saturated heterocycles. The maximum absolute atomic E-state index is 3.41. The molecule has 0 atom stereocenters. The smallest absolute Gasteiger partial charge is 0.0302 e. The summed E-state index contributed by atoms with van der Waals surface area (Å²) in [6.45, 7) is 8.46. The lowest BCUT2D eigenvalue weighted by atomic mass is 10.3. The quantitative estimate of drug-likeness (QED) is 0.681. The fourth-order valence-corrected chi connectivity index (χ4v) is 2.02. The van der Waals surface area contributed by atoms with E-state index in [9.17, 15) is 0 Å². The SMILES string of the molecule is CCNCCNCc1sccc1C. The standard InChI is InChI=1S/C10H18N2S/c1-3-11-5-6-12-8-10-9(2)4-7-13-10/h4,7,11-12H,3,5-6,8H2,1-2H3. The van der Waals surface area contributed by atoms with E-state index in [-0.39, 0.29) is 0 Å². The minimum atomic E-state index is 1.01. The van der Waals surface area contributed by atoms with Gasteiger partial charge in [0, 0.05) is 24.5 Å². The Balaban J connectivity index is 2.10. The molecule has 0 aromatic carbocycles.